The number of carbonyl (C=O) groups excluding carboxylic acids is 1. The fraction of sp³-hybridized carbons (Fsp3) is 0.385. The van der Waals surface area contributed by atoms with Crippen LogP contribution in [0.3, 0.4) is 0 Å². The zero-order chi connectivity index (χ0) is 25.3. The Hall–Kier alpha value is -2.68. The second kappa shape index (κ2) is 10.1. The monoisotopic (exact) mass is 515 g/mol. The van der Waals surface area contributed by atoms with Crippen LogP contribution >= 0.6 is 11.6 Å². The van der Waals surface area contributed by atoms with Gasteiger partial charge in [0.05, 0.1) is 10.4 Å². The van der Waals surface area contributed by atoms with Gasteiger partial charge in [0.15, 0.2) is 0 Å². The first kappa shape index (κ1) is 25.4. The van der Waals surface area contributed by atoms with Gasteiger partial charge in [-0.05, 0) is 61.1 Å². The highest BCUT2D eigenvalue weighted by Gasteiger charge is 2.32. The Labute approximate surface area is 210 Å². The quantitative estimate of drug-likeness (QED) is 0.531. The van der Waals surface area contributed by atoms with Crippen molar-refractivity contribution in [2.45, 2.75) is 45.2 Å². The number of aryl methyl sites for hydroxylation is 1. The SMILES string of the molecule is CCn1cc(C(=O)NCc2ccc(Cl)cc2)c(=O)c2cc(S(=O)(=O)N3C[C@H](C)C[C@H](C)C3)ccc21. The number of nitrogens with zero attached hydrogens (tertiary/aromatic N) is 2. The Morgan fingerprint density at radius 3 is 2.37 bits per heavy atom. The molecule has 2 aromatic carbocycles. The highest BCUT2D eigenvalue weighted by Crippen LogP contribution is 2.28. The van der Waals surface area contributed by atoms with Crippen molar-refractivity contribution in [3.8, 4) is 0 Å². The molecule has 2 heterocycles. The third-order valence-corrected chi connectivity index (χ3v) is 8.56. The lowest BCUT2D eigenvalue weighted by atomic mass is 9.94. The third kappa shape index (κ3) is 5.29. The summed E-state index contributed by atoms with van der Waals surface area (Å²) in [5.41, 5.74) is 0.919. The topological polar surface area (TPSA) is 88.5 Å². The number of hydrogen-bond acceptors (Lipinski definition) is 4. The molecule has 1 amide bonds. The molecule has 9 heteroatoms. The van der Waals surface area contributed by atoms with Crippen molar-refractivity contribution in [2.75, 3.05) is 13.1 Å². The van der Waals surface area contributed by atoms with Gasteiger partial charge < -0.3 is 9.88 Å². The molecule has 0 spiro atoms. The van der Waals surface area contributed by atoms with Crippen molar-refractivity contribution >= 4 is 38.4 Å². The molecule has 7 nitrogen and oxygen atoms in total. The summed E-state index contributed by atoms with van der Waals surface area (Å²) in [7, 11) is -3.76. The molecule has 2 atom stereocenters. The lowest BCUT2D eigenvalue weighted by Gasteiger charge is -2.34. The van der Waals surface area contributed by atoms with E-state index < -0.39 is 21.4 Å². The van der Waals surface area contributed by atoms with Gasteiger partial charge in [-0.15, -0.1) is 0 Å². The number of fused-ring (bicyclic) bond motifs is 1. The van der Waals surface area contributed by atoms with E-state index in [4.69, 9.17) is 11.6 Å². The van der Waals surface area contributed by atoms with Crippen molar-refractivity contribution in [1.82, 2.24) is 14.2 Å². The molecule has 1 fully saturated rings. The smallest absolute Gasteiger partial charge is 0.257 e. The molecule has 1 N–H and O–H groups in total. The molecule has 35 heavy (non-hydrogen) atoms. The van der Waals surface area contributed by atoms with Gasteiger partial charge in [0.1, 0.15) is 5.56 Å². The minimum absolute atomic E-state index is 0.0249. The number of sulfonamides is 1. The summed E-state index contributed by atoms with van der Waals surface area (Å²) in [5.74, 6) is 0.0190. The normalized spacial score (nSPS) is 19.1. The Morgan fingerprint density at radius 1 is 1.09 bits per heavy atom. The van der Waals surface area contributed by atoms with Crippen LogP contribution in [0.1, 0.15) is 43.1 Å². The van der Waals surface area contributed by atoms with Gasteiger partial charge in [-0.1, -0.05) is 37.6 Å². The molecule has 1 aliphatic rings. The van der Waals surface area contributed by atoms with Crippen LogP contribution in [-0.4, -0.2) is 36.3 Å². The Balaban J connectivity index is 1.70. The van der Waals surface area contributed by atoms with Crippen LogP contribution in [0.2, 0.25) is 5.02 Å². The lowest BCUT2D eigenvalue weighted by molar-refractivity contribution is 0.0949. The molecule has 0 bridgehead atoms. The zero-order valence-corrected chi connectivity index (χ0v) is 21.7. The predicted molar refractivity (Wildman–Crippen MR) is 138 cm³/mol. The van der Waals surface area contributed by atoms with Crippen LogP contribution in [-0.2, 0) is 23.1 Å². The number of aromatic nitrogens is 1. The number of pyridine rings is 1. The highest BCUT2D eigenvalue weighted by atomic mass is 35.5. The van der Waals surface area contributed by atoms with E-state index in [1.54, 1.807) is 41.0 Å². The van der Waals surface area contributed by atoms with Crippen molar-refractivity contribution in [2.24, 2.45) is 11.8 Å². The Morgan fingerprint density at radius 2 is 1.74 bits per heavy atom. The molecule has 186 valence electrons. The molecular weight excluding hydrogens is 486 g/mol. The van der Waals surface area contributed by atoms with Gasteiger partial charge >= 0.3 is 0 Å². The molecule has 4 rings (SSSR count). The molecule has 0 saturated carbocycles. The molecular formula is C26H30ClN3O4S. The maximum Gasteiger partial charge on any atom is 0.257 e. The number of benzene rings is 2. The van der Waals surface area contributed by atoms with Gasteiger partial charge in [-0.3, -0.25) is 9.59 Å². The molecule has 0 unspecified atom stereocenters. The molecule has 1 aliphatic heterocycles. The average molecular weight is 516 g/mol. The van der Waals surface area contributed by atoms with Crippen LogP contribution < -0.4 is 10.7 Å². The number of rotatable bonds is 6. The van der Waals surface area contributed by atoms with Crippen LogP contribution in [0, 0.1) is 11.8 Å². The van der Waals surface area contributed by atoms with E-state index in [1.807, 2.05) is 20.8 Å². The van der Waals surface area contributed by atoms with E-state index in [1.165, 1.54) is 16.6 Å². The minimum Gasteiger partial charge on any atom is -0.348 e. The first-order valence-electron chi connectivity index (χ1n) is 11.8. The summed E-state index contributed by atoms with van der Waals surface area (Å²) in [5, 5.41) is 3.59. The maximum absolute atomic E-state index is 13.4. The minimum atomic E-state index is -3.76. The number of hydrogen-bond donors (Lipinski definition) is 1. The second-order valence-electron chi connectivity index (χ2n) is 9.41. The summed E-state index contributed by atoms with van der Waals surface area (Å²) in [4.78, 5) is 26.4. The van der Waals surface area contributed by atoms with Crippen molar-refractivity contribution in [3.05, 3.63) is 75.0 Å². The van der Waals surface area contributed by atoms with Crippen molar-refractivity contribution < 1.29 is 13.2 Å². The van der Waals surface area contributed by atoms with E-state index in [0.29, 0.717) is 30.2 Å². The third-order valence-electron chi connectivity index (χ3n) is 6.48. The van der Waals surface area contributed by atoms with E-state index in [2.05, 4.69) is 5.32 Å². The van der Waals surface area contributed by atoms with Crippen LogP contribution in [0.25, 0.3) is 10.9 Å². The summed E-state index contributed by atoms with van der Waals surface area (Å²) in [6.45, 7) is 7.66. The number of halogens is 1. The van der Waals surface area contributed by atoms with Gasteiger partial charge in [-0.25, -0.2) is 8.42 Å². The number of nitrogens with one attached hydrogen (secondary N) is 1. The maximum atomic E-state index is 13.4. The second-order valence-corrected chi connectivity index (χ2v) is 11.8. The van der Waals surface area contributed by atoms with Crippen LogP contribution in [0.4, 0.5) is 0 Å². The summed E-state index contributed by atoms with van der Waals surface area (Å²) >= 11 is 5.91. The van der Waals surface area contributed by atoms with Gasteiger partial charge in [0, 0.05) is 42.8 Å². The van der Waals surface area contributed by atoms with E-state index >= 15 is 0 Å². The standard InChI is InChI=1S/C26H30ClN3O4S/c1-4-29-16-23(26(32)28-13-19-5-7-20(27)8-6-19)25(31)22-12-21(9-10-24(22)29)35(33,34)30-14-17(2)11-18(3)15-30/h5-10,12,16-18H,4,11,13-15H2,1-3H3,(H,28,32)/t17-,18+. The molecule has 0 radical (unpaired) electrons. The first-order chi connectivity index (χ1) is 16.6. The fourth-order valence-corrected chi connectivity index (χ4v) is 6.62. The zero-order valence-electron chi connectivity index (χ0n) is 20.1. The highest BCUT2D eigenvalue weighted by molar-refractivity contribution is 7.89. The fourth-order valence-electron chi connectivity index (χ4n) is 4.79. The first-order valence-corrected chi connectivity index (χ1v) is 13.6. The molecule has 1 saturated heterocycles. The van der Waals surface area contributed by atoms with Gasteiger partial charge in [0.25, 0.3) is 5.91 Å². The molecule has 3 aromatic rings. The Bertz CT molecular complexity index is 1410. The van der Waals surface area contributed by atoms with E-state index in [9.17, 15) is 18.0 Å². The number of carbonyl (C=O) groups is 1. The molecule has 1 aromatic heterocycles. The summed E-state index contributed by atoms with van der Waals surface area (Å²) in [6.07, 6.45) is 2.52. The van der Waals surface area contributed by atoms with Gasteiger partial charge in [-0.2, -0.15) is 4.31 Å². The largest absolute Gasteiger partial charge is 0.348 e. The van der Waals surface area contributed by atoms with Gasteiger partial charge in [0.2, 0.25) is 15.5 Å². The summed E-state index contributed by atoms with van der Waals surface area (Å²) in [6, 6.07) is 11.7. The lowest BCUT2D eigenvalue weighted by Crippen LogP contribution is -2.42. The van der Waals surface area contributed by atoms with Crippen LogP contribution in [0.15, 0.2) is 58.4 Å². The number of amides is 1. The predicted octanol–water partition coefficient (Wildman–Crippen LogP) is 4.27. The van der Waals surface area contributed by atoms with E-state index in [0.717, 1.165) is 12.0 Å². The number of piperidine rings is 1. The summed E-state index contributed by atoms with van der Waals surface area (Å²) < 4.78 is 30.1. The Kier molecular flexibility index (Phi) is 7.35. The van der Waals surface area contributed by atoms with Crippen molar-refractivity contribution in [3.63, 3.8) is 0 Å². The average Bonchev–Trinajstić information content (AvgIpc) is 2.83. The molecule has 0 aliphatic carbocycles. The van der Waals surface area contributed by atoms with E-state index in [-0.39, 0.29) is 34.2 Å². The van der Waals surface area contributed by atoms with Crippen molar-refractivity contribution in [1.29, 1.82) is 0 Å². The van der Waals surface area contributed by atoms with Crippen LogP contribution in [0.5, 0.6) is 0 Å².